The number of nitro benzene ring substituents is 1. The summed E-state index contributed by atoms with van der Waals surface area (Å²) >= 11 is 0. The van der Waals surface area contributed by atoms with Gasteiger partial charge in [-0.2, -0.15) is 0 Å². The van der Waals surface area contributed by atoms with Crippen molar-refractivity contribution in [3.8, 4) is 0 Å². The molecule has 2 aromatic rings. The standard InChI is InChI=1S/C19H21N3O4/c1-15-13-17(22(24)25)7-8-18(15)20-9-11-21(12-10-20)19(23)26-14-16-5-3-2-4-6-16/h2-8,13H,9-12,14H2,1H3. The Bertz CT molecular complexity index is 787. The summed E-state index contributed by atoms with van der Waals surface area (Å²) in [6.45, 7) is 4.58. The fourth-order valence-corrected chi connectivity index (χ4v) is 3.05. The molecule has 0 spiro atoms. The lowest BCUT2D eigenvalue weighted by atomic mass is 10.1. The highest BCUT2D eigenvalue weighted by Gasteiger charge is 2.23. The van der Waals surface area contributed by atoms with E-state index in [0.717, 1.165) is 16.8 Å². The van der Waals surface area contributed by atoms with Crippen LogP contribution in [-0.2, 0) is 11.3 Å². The van der Waals surface area contributed by atoms with E-state index in [9.17, 15) is 14.9 Å². The molecule has 0 saturated carbocycles. The van der Waals surface area contributed by atoms with Crippen LogP contribution < -0.4 is 4.90 Å². The average molecular weight is 355 g/mol. The molecule has 1 saturated heterocycles. The number of hydrogen-bond acceptors (Lipinski definition) is 5. The zero-order chi connectivity index (χ0) is 18.5. The first-order valence-corrected chi connectivity index (χ1v) is 8.50. The topological polar surface area (TPSA) is 75.9 Å². The van der Waals surface area contributed by atoms with Crippen molar-refractivity contribution in [1.29, 1.82) is 0 Å². The minimum absolute atomic E-state index is 0.0920. The first kappa shape index (κ1) is 17.7. The molecule has 0 aliphatic carbocycles. The van der Waals surface area contributed by atoms with E-state index in [1.807, 2.05) is 37.3 Å². The number of carbonyl (C=O) groups excluding carboxylic acids is 1. The number of non-ortho nitro benzene ring substituents is 1. The number of ether oxygens (including phenoxy) is 1. The van der Waals surface area contributed by atoms with Gasteiger partial charge in [0.2, 0.25) is 0 Å². The highest BCUT2D eigenvalue weighted by molar-refractivity contribution is 5.68. The Kier molecular flexibility index (Phi) is 5.36. The van der Waals surface area contributed by atoms with Gasteiger partial charge in [0.15, 0.2) is 0 Å². The number of carbonyl (C=O) groups is 1. The van der Waals surface area contributed by atoms with Gasteiger partial charge >= 0.3 is 6.09 Å². The van der Waals surface area contributed by atoms with Gasteiger partial charge in [-0.05, 0) is 24.1 Å². The fourth-order valence-electron chi connectivity index (χ4n) is 3.05. The number of rotatable bonds is 4. The Morgan fingerprint density at radius 1 is 1.12 bits per heavy atom. The summed E-state index contributed by atoms with van der Waals surface area (Å²) in [4.78, 5) is 26.5. The number of aryl methyl sites for hydroxylation is 1. The van der Waals surface area contributed by atoms with E-state index in [1.54, 1.807) is 17.0 Å². The zero-order valence-electron chi connectivity index (χ0n) is 14.6. The average Bonchev–Trinajstić information content (AvgIpc) is 2.67. The molecular formula is C19H21N3O4. The number of nitro groups is 1. The molecule has 7 nitrogen and oxygen atoms in total. The van der Waals surface area contributed by atoms with Crippen molar-refractivity contribution in [3.63, 3.8) is 0 Å². The third-order valence-corrected chi connectivity index (χ3v) is 4.47. The molecular weight excluding hydrogens is 334 g/mol. The Balaban J connectivity index is 1.54. The lowest BCUT2D eigenvalue weighted by Crippen LogP contribution is -2.49. The van der Waals surface area contributed by atoms with E-state index < -0.39 is 4.92 Å². The number of piperazine rings is 1. The molecule has 7 heteroatoms. The van der Waals surface area contributed by atoms with Crippen LogP contribution in [0.1, 0.15) is 11.1 Å². The number of nitrogens with zero attached hydrogens (tertiary/aromatic N) is 3. The van der Waals surface area contributed by atoms with Gasteiger partial charge in [0.25, 0.3) is 5.69 Å². The summed E-state index contributed by atoms with van der Waals surface area (Å²) < 4.78 is 5.37. The molecule has 2 aromatic carbocycles. The summed E-state index contributed by atoms with van der Waals surface area (Å²) in [6.07, 6.45) is -0.311. The van der Waals surface area contributed by atoms with Crippen molar-refractivity contribution in [2.75, 3.05) is 31.1 Å². The van der Waals surface area contributed by atoms with Gasteiger partial charge in [-0.25, -0.2) is 4.79 Å². The van der Waals surface area contributed by atoms with Crippen LogP contribution in [0.2, 0.25) is 0 Å². The van der Waals surface area contributed by atoms with E-state index in [-0.39, 0.29) is 18.4 Å². The Labute approximate surface area is 151 Å². The summed E-state index contributed by atoms with van der Waals surface area (Å²) in [5, 5.41) is 10.9. The summed E-state index contributed by atoms with van der Waals surface area (Å²) in [6, 6.07) is 14.5. The Hall–Kier alpha value is -3.09. The molecule has 1 amide bonds. The van der Waals surface area contributed by atoms with Gasteiger partial charge in [-0.1, -0.05) is 30.3 Å². The predicted octanol–water partition coefficient (Wildman–Crippen LogP) is 3.36. The number of anilines is 1. The number of benzene rings is 2. The van der Waals surface area contributed by atoms with Gasteiger partial charge in [0.05, 0.1) is 4.92 Å². The number of hydrogen-bond donors (Lipinski definition) is 0. The molecule has 1 aliphatic rings. The van der Waals surface area contributed by atoms with Crippen LogP contribution in [0.25, 0.3) is 0 Å². The minimum Gasteiger partial charge on any atom is -0.445 e. The lowest BCUT2D eigenvalue weighted by molar-refractivity contribution is -0.384. The van der Waals surface area contributed by atoms with E-state index in [1.165, 1.54) is 6.07 Å². The highest BCUT2D eigenvalue weighted by atomic mass is 16.6. The molecule has 0 unspecified atom stereocenters. The second kappa shape index (κ2) is 7.86. The van der Waals surface area contributed by atoms with Gasteiger partial charge in [0.1, 0.15) is 6.61 Å². The van der Waals surface area contributed by atoms with Gasteiger partial charge in [0, 0.05) is 44.0 Å². The van der Waals surface area contributed by atoms with Crippen LogP contribution in [-0.4, -0.2) is 42.1 Å². The molecule has 1 heterocycles. The maximum Gasteiger partial charge on any atom is 0.410 e. The normalized spacial score (nSPS) is 14.2. The fraction of sp³-hybridized carbons (Fsp3) is 0.316. The first-order valence-electron chi connectivity index (χ1n) is 8.50. The van der Waals surface area contributed by atoms with Crippen LogP contribution >= 0.6 is 0 Å². The summed E-state index contributed by atoms with van der Waals surface area (Å²) in [5.41, 5.74) is 2.88. The van der Waals surface area contributed by atoms with E-state index in [0.29, 0.717) is 26.2 Å². The largest absolute Gasteiger partial charge is 0.445 e. The lowest BCUT2D eigenvalue weighted by Gasteiger charge is -2.36. The van der Waals surface area contributed by atoms with E-state index in [2.05, 4.69) is 4.90 Å². The van der Waals surface area contributed by atoms with Crippen molar-refractivity contribution in [3.05, 3.63) is 69.8 Å². The highest BCUT2D eigenvalue weighted by Crippen LogP contribution is 2.25. The van der Waals surface area contributed by atoms with E-state index >= 15 is 0 Å². The third kappa shape index (κ3) is 4.11. The SMILES string of the molecule is Cc1cc([N+](=O)[O-])ccc1N1CCN(C(=O)OCc2ccccc2)CC1. The molecule has 136 valence electrons. The van der Waals surface area contributed by atoms with Crippen molar-refractivity contribution in [1.82, 2.24) is 4.90 Å². The van der Waals surface area contributed by atoms with Crippen molar-refractivity contribution < 1.29 is 14.5 Å². The minimum atomic E-state index is -0.391. The van der Waals surface area contributed by atoms with Crippen molar-refractivity contribution in [2.24, 2.45) is 0 Å². The molecule has 0 atom stereocenters. The molecule has 26 heavy (non-hydrogen) atoms. The first-order chi connectivity index (χ1) is 12.5. The smallest absolute Gasteiger partial charge is 0.410 e. The molecule has 0 N–H and O–H groups in total. The second-order valence-corrected chi connectivity index (χ2v) is 6.24. The van der Waals surface area contributed by atoms with Crippen LogP contribution in [0.4, 0.5) is 16.2 Å². The van der Waals surface area contributed by atoms with Crippen LogP contribution in [0, 0.1) is 17.0 Å². The molecule has 0 bridgehead atoms. The summed E-state index contributed by atoms with van der Waals surface area (Å²) in [7, 11) is 0. The monoisotopic (exact) mass is 355 g/mol. The Morgan fingerprint density at radius 3 is 2.42 bits per heavy atom. The molecule has 1 fully saturated rings. The molecule has 0 aromatic heterocycles. The van der Waals surface area contributed by atoms with Crippen LogP contribution in [0.5, 0.6) is 0 Å². The van der Waals surface area contributed by atoms with Crippen LogP contribution in [0.3, 0.4) is 0 Å². The van der Waals surface area contributed by atoms with Gasteiger partial charge < -0.3 is 14.5 Å². The summed E-state index contributed by atoms with van der Waals surface area (Å²) in [5.74, 6) is 0. The second-order valence-electron chi connectivity index (χ2n) is 6.24. The van der Waals surface area contributed by atoms with Gasteiger partial charge in [-0.3, -0.25) is 10.1 Å². The predicted molar refractivity (Wildman–Crippen MR) is 98.2 cm³/mol. The van der Waals surface area contributed by atoms with Gasteiger partial charge in [-0.15, -0.1) is 0 Å². The van der Waals surface area contributed by atoms with Crippen LogP contribution in [0.15, 0.2) is 48.5 Å². The third-order valence-electron chi connectivity index (χ3n) is 4.47. The molecule has 3 rings (SSSR count). The zero-order valence-corrected chi connectivity index (χ0v) is 14.6. The Morgan fingerprint density at radius 2 is 1.81 bits per heavy atom. The molecule has 1 aliphatic heterocycles. The molecule has 0 radical (unpaired) electrons. The maximum atomic E-state index is 12.2. The maximum absolute atomic E-state index is 12.2. The van der Waals surface area contributed by atoms with E-state index in [4.69, 9.17) is 4.74 Å². The number of amides is 1. The quantitative estimate of drug-likeness (QED) is 0.621. The van der Waals surface area contributed by atoms with Crippen molar-refractivity contribution in [2.45, 2.75) is 13.5 Å². The van der Waals surface area contributed by atoms with Crippen molar-refractivity contribution >= 4 is 17.5 Å².